The van der Waals surface area contributed by atoms with Crippen molar-refractivity contribution >= 4 is 0 Å². The Bertz CT molecular complexity index is 413. The molecule has 1 aliphatic rings. The number of rotatable bonds is 10. The summed E-state index contributed by atoms with van der Waals surface area (Å²) in [5.74, 6) is 0. The molecule has 3 heteroatoms. The van der Waals surface area contributed by atoms with Gasteiger partial charge in [-0.3, -0.25) is 4.90 Å². The van der Waals surface area contributed by atoms with Gasteiger partial charge in [0.25, 0.3) is 0 Å². The van der Waals surface area contributed by atoms with Gasteiger partial charge < -0.3 is 10.2 Å². The van der Waals surface area contributed by atoms with Gasteiger partial charge in [-0.05, 0) is 51.0 Å². The zero-order valence-electron chi connectivity index (χ0n) is 13.9. The molecule has 21 heavy (non-hydrogen) atoms. The van der Waals surface area contributed by atoms with E-state index in [2.05, 4.69) is 60.4 Å². The van der Waals surface area contributed by atoms with E-state index in [4.69, 9.17) is 0 Å². The average Bonchev–Trinajstić information content (AvgIpc) is 3.28. The van der Waals surface area contributed by atoms with Crippen LogP contribution in [0, 0.1) is 0 Å². The van der Waals surface area contributed by atoms with Crippen molar-refractivity contribution in [1.29, 1.82) is 0 Å². The number of hydrogen-bond acceptors (Lipinski definition) is 3. The van der Waals surface area contributed by atoms with Crippen molar-refractivity contribution in [2.24, 2.45) is 0 Å². The topological polar surface area (TPSA) is 18.5 Å². The second-order valence-corrected chi connectivity index (χ2v) is 6.50. The zero-order chi connectivity index (χ0) is 15.1. The molecule has 0 aliphatic heterocycles. The fraction of sp³-hybridized carbons (Fsp3) is 0.667. The van der Waals surface area contributed by atoms with E-state index in [0.717, 1.165) is 32.2 Å². The van der Waals surface area contributed by atoms with Crippen LogP contribution in [0.1, 0.15) is 37.3 Å². The Morgan fingerprint density at radius 1 is 1.05 bits per heavy atom. The minimum atomic E-state index is 0.776. The summed E-state index contributed by atoms with van der Waals surface area (Å²) in [7, 11) is 4.30. The fourth-order valence-corrected chi connectivity index (χ4v) is 2.59. The SMILES string of the molecule is CCCN(CCN(C)C)Cc1ccccc1CNC1CC1. The Hall–Kier alpha value is -0.900. The Labute approximate surface area is 130 Å². The second kappa shape index (κ2) is 8.52. The summed E-state index contributed by atoms with van der Waals surface area (Å²) in [5, 5.41) is 3.64. The lowest BCUT2D eigenvalue weighted by atomic mass is 10.1. The molecule has 0 spiro atoms. The average molecular weight is 289 g/mol. The van der Waals surface area contributed by atoms with Gasteiger partial charge in [0, 0.05) is 32.2 Å². The van der Waals surface area contributed by atoms with Crippen molar-refractivity contribution in [3.63, 3.8) is 0 Å². The molecule has 0 heterocycles. The quantitative estimate of drug-likeness (QED) is 0.714. The molecular formula is C18H31N3. The van der Waals surface area contributed by atoms with Crippen LogP contribution in [0.5, 0.6) is 0 Å². The number of nitrogens with one attached hydrogen (secondary N) is 1. The molecule has 0 radical (unpaired) electrons. The molecule has 0 aromatic heterocycles. The molecular weight excluding hydrogens is 258 g/mol. The van der Waals surface area contributed by atoms with Crippen molar-refractivity contribution in [3.05, 3.63) is 35.4 Å². The molecule has 1 saturated carbocycles. The van der Waals surface area contributed by atoms with Gasteiger partial charge in [-0.25, -0.2) is 0 Å². The maximum atomic E-state index is 3.64. The first-order valence-electron chi connectivity index (χ1n) is 8.36. The molecule has 0 amide bonds. The predicted octanol–water partition coefficient (Wildman–Crippen LogP) is 2.71. The van der Waals surface area contributed by atoms with E-state index in [1.807, 2.05) is 0 Å². The standard InChI is InChI=1S/C18H31N3/c1-4-11-21(13-12-20(2)3)15-17-8-6-5-7-16(17)14-19-18-9-10-18/h5-8,18-19H,4,9-15H2,1-3H3. The third kappa shape index (κ3) is 6.16. The highest BCUT2D eigenvalue weighted by molar-refractivity contribution is 5.27. The van der Waals surface area contributed by atoms with Gasteiger partial charge in [-0.15, -0.1) is 0 Å². The van der Waals surface area contributed by atoms with Crippen molar-refractivity contribution in [2.75, 3.05) is 33.7 Å². The van der Waals surface area contributed by atoms with Crippen molar-refractivity contribution in [2.45, 2.75) is 45.3 Å². The first-order valence-corrected chi connectivity index (χ1v) is 8.36. The third-order valence-corrected chi connectivity index (χ3v) is 4.07. The minimum Gasteiger partial charge on any atom is -0.310 e. The normalized spacial score (nSPS) is 15.1. The maximum Gasteiger partial charge on any atom is 0.0237 e. The summed E-state index contributed by atoms with van der Waals surface area (Å²) in [4.78, 5) is 4.85. The van der Waals surface area contributed by atoms with Crippen LogP contribution < -0.4 is 5.32 Å². The number of benzene rings is 1. The van der Waals surface area contributed by atoms with Gasteiger partial charge in [0.05, 0.1) is 0 Å². The minimum absolute atomic E-state index is 0.776. The van der Waals surface area contributed by atoms with Crippen LogP contribution in [0.2, 0.25) is 0 Å². The number of hydrogen-bond donors (Lipinski definition) is 1. The van der Waals surface area contributed by atoms with E-state index in [1.54, 1.807) is 0 Å². The van der Waals surface area contributed by atoms with Crippen molar-refractivity contribution in [3.8, 4) is 0 Å². The Morgan fingerprint density at radius 3 is 2.38 bits per heavy atom. The maximum absolute atomic E-state index is 3.64. The fourth-order valence-electron chi connectivity index (χ4n) is 2.59. The lowest BCUT2D eigenvalue weighted by Gasteiger charge is -2.25. The number of likely N-dealkylation sites (N-methyl/N-ethyl adjacent to an activating group) is 1. The van der Waals surface area contributed by atoms with Crippen LogP contribution in [0.4, 0.5) is 0 Å². The van der Waals surface area contributed by atoms with Crippen LogP contribution in [0.3, 0.4) is 0 Å². The molecule has 0 bridgehead atoms. The van der Waals surface area contributed by atoms with Crippen molar-refractivity contribution in [1.82, 2.24) is 15.1 Å². The van der Waals surface area contributed by atoms with Crippen LogP contribution in [-0.2, 0) is 13.1 Å². The highest BCUT2D eigenvalue weighted by Crippen LogP contribution is 2.20. The molecule has 1 N–H and O–H groups in total. The Morgan fingerprint density at radius 2 is 1.76 bits per heavy atom. The Kier molecular flexibility index (Phi) is 6.68. The summed E-state index contributed by atoms with van der Waals surface area (Å²) in [6, 6.07) is 9.69. The molecule has 1 fully saturated rings. The van der Waals surface area contributed by atoms with E-state index < -0.39 is 0 Å². The molecule has 1 aromatic carbocycles. The van der Waals surface area contributed by atoms with E-state index in [9.17, 15) is 0 Å². The van der Waals surface area contributed by atoms with E-state index in [0.29, 0.717) is 0 Å². The molecule has 0 unspecified atom stereocenters. The Balaban J connectivity index is 1.93. The second-order valence-electron chi connectivity index (χ2n) is 6.50. The van der Waals surface area contributed by atoms with Crippen molar-refractivity contribution < 1.29 is 0 Å². The molecule has 0 atom stereocenters. The smallest absolute Gasteiger partial charge is 0.0237 e. The monoisotopic (exact) mass is 289 g/mol. The van der Waals surface area contributed by atoms with Crippen LogP contribution in [-0.4, -0.2) is 49.6 Å². The highest BCUT2D eigenvalue weighted by Gasteiger charge is 2.20. The highest BCUT2D eigenvalue weighted by atomic mass is 15.2. The van der Waals surface area contributed by atoms with Gasteiger partial charge in [0.15, 0.2) is 0 Å². The zero-order valence-corrected chi connectivity index (χ0v) is 13.9. The van der Waals surface area contributed by atoms with Gasteiger partial charge in [-0.2, -0.15) is 0 Å². The molecule has 3 nitrogen and oxygen atoms in total. The summed E-state index contributed by atoms with van der Waals surface area (Å²) in [6.07, 6.45) is 3.93. The van der Waals surface area contributed by atoms with E-state index in [-0.39, 0.29) is 0 Å². The molecule has 2 rings (SSSR count). The van der Waals surface area contributed by atoms with E-state index >= 15 is 0 Å². The van der Waals surface area contributed by atoms with Crippen LogP contribution >= 0.6 is 0 Å². The molecule has 1 aliphatic carbocycles. The lowest BCUT2D eigenvalue weighted by molar-refractivity contribution is 0.233. The molecule has 118 valence electrons. The summed E-state index contributed by atoms with van der Waals surface area (Å²) >= 11 is 0. The van der Waals surface area contributed by atoms with Gasteiger partial charge in [0.1, 0.15) is 0 Å². The third-order valence-electron chi connectivity index (χ3n) is 4.07. The van der Waals surface area contributed by atoms with Gasteiger partial charge >= 0.3 is 0 Å². The van der Waals surface area contributed by atoms with Gasteiger partial charge in [0.2, 0.25) is 0 Å². The summed E-state index contributed by atoms with van der Waals surface area (Å²) in [5.41, 5.74) is 2.95. The molecule has 0 saturated heterocycles. The molecule has 1 aromatic rings. The summed E-state index contributed by atoms with van der Waals surface area (Å²) in [6.45, 7) is 7.81. The first kappa shape index (κ1) is 16.5. The van der Waals surface area contributed by atoms with Gasteiger partial charge in [-0.1, -0.05) is 31.2 Å². The largest absolute Gasteiger partial charge is 0.310 e. The lowest BCUT2D eigenvalue weighted by Crippen LogP contribution is -2.32. The van der Waals surface area contributed by atoms with E-state index in [1.165, 1.54) is 36.9 Å². The predicted molar refractivity (Wildman–Crippen MR) is 90.4 cm³/mol. The first-order chi connectivity index (χ1) is 10.2. The summed E-state index contributed by atoms with van der Waals surface area (Å²) < 4.78 is 0. The number of nitrogens with zero attached hydrogens (tertiary/aromatic N) is 2. The van der Waals surface area contributed by atoms with Crippen LogP contribution in [0.15, 0.2) is 24.3 Å². The van der Waals surface area contributed by atoms with Crippen LogP contribution in [0.25, 0.3) is 0 Å².